The van der Waals surface area contributed by atoms with Crippen LogP contribution in [0, 0.1) is 5.82 Å². The third-order valence-corrected chi connectivity index (χ3v) is 8.68. The number of anilines is 1. The quantitative estimate of drug-likeness (QED) is 0.255. The number of nitrogens with zero attached hydrogens (tertiary/aromatic N) is 5. The van der Waals surface area contributed by atoms with E-state index in [9.17, 15) is 39.2 Å². The van der Waals surface area contributed by atoms with Crippen molar-refractivity contribution < 1.29 is 39.2 Å². The lowest BCUT2D eigenvalue weighted by Crippen LogP contribution is -2.40. The molecular weight excluding hydrogens is 605 g/mol. The minimum absolute atomic E-state index is 0.112. The molecule has 0 amide bonds. The molecule has 0 aliphatic carbocycles. The number of aryl methyl sites for hydroxylation is 1. The van der Waals surface area contributed by atoms with Gasteiger partial charge in [0.15, 0.2) is 9.84 Å². The second-order valence-corrected chi connectivity index (χ2v) is 12.7. The molecule has 0 spiro atoms. The molecule has 232 valence electrons. The van der Waals surface area contributed by atoms with E-state index in [1.54, 1.807) is 22.9 Å². The summed E-state index contributed by atoms with van der Waals surface area (Å²) >= 11 is 0. The molecule has 4 heterocycles. The predicted octanol–water partition coefficient (Wildman–Crippen LogP) is 5.23. The van der Waals surface area contributed by atoms with Crippen LogP contribution in [0.15, 0.2) is 48.9 Å². The molecule has 4 aromatic rings. The summed E-state index contributed by atoms with van der Waals surface area (Å²) in [6, 6.07) is 7.05. The van der Waals surface area contributed by atoms with Crippen LogP contribution in [0.2, 0.25) is 0 Å². The average Bonchev–Trinajstić information content (AvgIpc) is 3.51. The predicted molar refractivity (Wildman–Crippen MR) is 146 cm³/mol. The van der Waals surface area contributed by atoms with Gasteiger partial charge in [-0.3, -0.25) is 9.25 Å². The van der Waals surface area contributed by atoms with Crippen molar-refractivity contribution in [3.05, 3.63) is 60.3 Å². The molecule has 1 aliphatic rings. The molecule has 0 saturated carbocycles. The Morgan fingerprint density at radius 2 is 1.70 bits per heavy atom. The molecule has 5 rings (SSSR count). The Kier molecular flexibility index (Phi) is 8.44. The van der Waals surface area contributed by atoms with Gasteiger partial charge in [0.2, 0.25) is 0 Å². The molecule has 3 aromatic heterocycles. The summed E-state index contributed by atoms with van der Waals surface area (Å²) in [5.74, 6) is -0.680. The van der Waals surface area contributed by atoms with Gasteiger partial charge in [-0.2, -0.15) is 31.4 Å². The lowest BCUT2D eigenvalue weighted by molar-refractivity contribution is -0.142. The van der Waals surface area contributed by atoms with Crippen LogP contribution in [0.5, 0.6) is 0 Å². The Bertz CT molecular complexity index is 1700. The van der Waals surface area contributed by atoms with Crippen LogP contribution in [0.25, 0.3) is 28.0 Å². The second-order valence-electron chi connectivity index (χ2n) is 10.4. The van der Waals surface area contributed by atoms with Crippen LogP contribution in [0.1, 0.15) is 12.0 Å². The molecule has 1 N–H and O–H groups in total. The Morgan fingerprint density at radius 1 is 0.953 bits per heavy atom. The standard InChI is InChI=1S/C27H27F7N6O2S/c28-22-12-18(3-5-24(22)35-16-26(29,30)31)23-6-4-21-19(2-1-7-38-8-10-43(41,42)11-9-38)14-40(25(21)37-23)20-13-36-39(15-20)17-27(32,33)34/h3-6,12-15,35H,1-2,7-11,16-17H2. The number of pyridine rings is 1. The van der Waals surface area contributed by atoms with Gasteiger partial charge in [-0.25, -0.2) is 17.8 Å². The van der Waals surface area contributed by atoms with E-state index in [2.05, 4.69) is 15.0 Å². The van der Waals surface area contributed by atoms with E-state index in [0.29, 0.717) is 60.5 Å². The van der Waals surface area contributed by atoms with Crippen molar-refractivity contribution in [2.24, 2.45) is 0 Å². The van der Waals surface area contributed by atoms with E-state index in [-0.39, 0.29) is 17.2 Å². The smallest absolute Gasteiger partial charge is 0.374 e. The van der Waals surface area contributed by atoms with E-state index in [1.807, 2.05) is 5.32 Å². The van der Waals surface area contributed by atoms with Crippen LogP contribution < -0.4 is 5.32 Å². The first kappa shape index (κ1) is 30.8. The summed E-state index contributed by atoms with van der Waals surface area (Å²) in [5, 5.41) is 6.54. The molecule has 16 heteroatoms. The highest BCUT2D eigenvalue weighted by Crippen LogP contribution is 2.30. The lowest BCUT2D eigenvalue weighted by atomic mass is 10.1. The third kappa shape index (κ3) is 7.84. The van der Waals surface area contributed by atoms with Crippen LogP contribution in [0.3, 0.4) is 0 Å². The van der Waals surface area contributed by atoms with Crippen molar-refractivity contribution in [1.82, 2.24) is 24.2 Å². The van der Waals surface area contributed by atoms with Gasteiger partial charge >= 0.3 is 12.4 Å². The zero-order chi connectivity index (χ0) is 31.0. The van der Waals surface area contributed by atoms with Gasteiger partial charge in [-0.05, 0) is 49.2 Å². The highest BCUT2D eigenvalue weighted by molar-refractivity contribution is 7.91. The van der Waals surface area contributed by atoms with Gasteiger partial charge < -0.3 is 10.2 Å². The third-order valence-electron chi connectivity index (χ3n) is 7.07. The molecular formula is C27H27F7N6O2S. The topological polar surface area (TPSA) is 85.1 Å². The summed E-state index contributed by atoms with van der Waals surface area (Å²) in [6.07, 6.45) is -3.48. The van der Waals surface area contributed by atoms with Crippen molar-refractivity contribution in [2.75, 3.05) is 43.0 Å². The molecule has 0 bridgehead atoms. The Morgan fingerprint density at radius 3 is 2.37 bits per heavy atom. The highest BCUT2D eigenvalue weighted by Gasteiger charge is 2.29. The van der Waals surface area contributed by atoms with Crippen LogP contribution in [-0.2, 0) is 22.8 Å². The summed E-state index contributed by atoms with van der Waals surface area (Å²) in [4.78, 5) is 6.72. The number of alkyl halides is 6. The molecule has 1 aliphatic heterocycles. The summed E-state index contributed by atoms with van der Waals surface area (Å²) < 4.78 is 117. The van der Waals surface area contributed by atoms with Crippen molar-refractivity contribution in [2.45, 2.75) is 31.7 Å². The van der Waals surface area contributed by atoms with Crippen LogP contribution in [0.4, 0.5) is 36.4 Å². The molecule has 1 aromatic carbocycles. The highest BCUT2D eigenvalue weighted by atomic mass is 32.2. The van der Waals surface area contributed by atoms with Gasteiger partial charge in [0, 0.05) is 36.4 Å². The Balaban J connectivity index is 1.43. The first-order valence-electron chi connectivity index (χ1n) is 13.3. The van der Waals surface area contributed by atoms with Crippen molar-refractivity contribution >= 4 is 26.6 Å². The van der Waals surface area contributed by atoms with Gasteiger partial charge in [0.05, 0.1) is 34.8 Å². The first-order chi connectivity index (χ1) is 20.2. The fourth-order valence-electron chi connectivity index (χ4n) is 4.95. The van der Waals surface area contributed by atoms with E-state index in [4.69, 9.17) is 0 Å². The van der Waals surface area contributed by atoms with Crippen LogP contribution >= 0.6 is 0 Å². The van der Waals surface area contributed by atoms with Crippen molar-refractivity contribution in [3.63, 3.8) is 0 Å². The average molecular weight is 633 g/mol. The van der Waals surface area contributed by atoms with E-state index < -0.39 is 41.1 Å². The molecule has 0 atom stereocenters. The van der Waals surface area contributed by atoms with Gasteiger partial charge in [-0.1, -0.05) is 6.07 Å². The summed E-state index contributed by atoms with van der Waals surface area (Å²) in [6.45, 7) is -1.12. The maximum absolute atomic E-state index is 14.6. The normalized spacial score (nSPS) is 16.2. The number of hydrogen-bond donors (Lipinski definition) is 1. The number of nitrogens with one attached hydrogen (secondary N) is 1. The minimum atomic E-state index is -4.52. The number of sulfone groups is 1. The van der Waals surface area contributed by atoms with Crippen molar-refractivity contribution in [1.29, 1.82) is 0 Å². The zero-order valence-electron chi connectivity index (χ0n) is 22.6. The van der Waals surface area contributed by atoms with Gasteiger partial charge in [-0.15, -0.1) is 0 Å². The largest absolute Gasteiger partial charge is 0.408 e. The lowest BCUT2D eigenvalue weighted by Gasteiger charge is -2.26. The minimum Gasteiger partial charge on any atom is -0.374 e. The molecule has 8 nitrogen and oxygen atoms in total. The number of halogens is 7. The molecule has 0 unspecified atom stereocenters. The molecule has 43 heavy (non-hydrogen) atoms. The maximum Gasteiger partial charge on any atom is 0.408 e. The monoisotopic (exact) mass is 632 g/mol. The van der Waals surface area contributed by atoms with E-state index in [1.165, 1.54) is 24.5 Å². The number of benzene rings is 1. The maximum atomic E-state index is 14.6. The number of hydrogen-bond acceptors (Lipinski definition) is 6. The number of aromatic nitrogens is 4. The fraction of sp³-hybridized carbons (Fsp3) is 0.407. The summed E-state index contributed by atoms with van der Waals surface area (Å²) in [5.41, 5.74) is 1.82. The number of fused-ring (bicyclic) bond motifs is 1. The zero-order valence-corrected chi connectivity index (χ0v) is 23.4. The Labute approximate surface area is 242 Å². The van der Waals surface area contributed by atoms with Crippen molar-refractivity contribution in [3.8, 4) is 16.9 Å². The SMILES string of the molecule is O=S1(=O)CCN(CCCc2cn(-c3cnn(CC(F)(F)F)c3)c3nc(-c4ccc(NCC(F)(F)F)c(F)c4)ccc23)CC1. The first-order valence-corrected chi connectivity index (χ1v) is 15.1. The Hall–Kier alpha value is -3.66. The van der Waals surface area contributed by atoms with Gasteiger partial charge in [0.1, 0.15) is 24.6 Å². The number of rotatable bonds is 9. The van der Waals surface area contributed by atoms with Gasteiger partial charge in [0.25, 0.3) is 0 Å². The van der Waals surface area contributed by atoms with Crippen LogP contribution in [-0.4, -0.2) is 82.7 Å². The molecule has 1 fully saturated rings. The fourth-order valence-corrected chi connectivity index (χ4v) is 6.23. The summed E-state index contributed by atoms with van der Waals surface area (Å²) in [7, 11) is -3.00. The van der Waals surface area contributed by atoms with E-state index in [0.717, 1.165) is 16.3 Å². The van der Waals surface area contributed by atoms with E-state index >= 15 is 0 Å². The molecule has 1 saturated heterocycles. The second kappa shape index (κ2) is 11.8. The molecule has 0 radical (unpaired) electrons.